The van der Waals surface area contributed by atoms with Crippen molar-refractivity contribution in [2.24, 2.45) is 34.4 Å². The molecule has 26 nitrogen and oxygen atoms in total. The molecule has 0 amide bonds. The molecule has 3 rings (SSSR count). The van der Waals surface area contributed by atoms with Gasteiger partial charge in [-0.3, -0.25) is 38.4 Å². The van der Waals surface area contributed by atoms with Crippen molar-refractivity contribution in [3.8, 4) is 0 Å². The monoisotopic (exact) mass is 1010 g/mol. The van der Waals surface area contributed by atoms with Gasteiger partial charge in [0.2, 0.25) is 0 Å². The van der Waals surface area contributed by atoms with Crippen LogP contribution in [0.5, 0.6) is 0 Å². The molecule has 382 valence electrons. The summed E-state index contributed by atoms with van der Waals surface area (Å²) in [5.41, 5.74) is 32.8. The highest BCUT2D eigenvalue weighted by molar-refractivity contribution is 7.82. The molecular formula is C37H70N10O16S3. The van der Waals surface area contributed by atoms with E-state index in [0.29, 0.717) is 0 Å². The first-order chi connectivity index (χ1) is 30.1. The van der Waals surface area contributed by atoms with Gasteiger partial charge in [-0.15, -0.1) is 0 Å². The Morgan fingerprint density at radius 1 is 0.667 bits per heavy atom. The summed E-state index contributed by atoms with van der Waals surface area (Å²) in [6.45, 7) is 11.0. The third-order valence-corrected chi connectivity index (χ3v) is 9.71. The number of aliphatic carboxylic acids is 6. The number of nitrogens with zero attached hydrogens (tertiary/aromatic N) is 1. The quantitative estimate of drug-likeness (QED) is 0.0549. The number of nitrogens with two attached hydrogens (primary N) is 6. The number of esters is 2. The Bertz CT molecular complexity index is 1620. The summed E-state index contributed by atoms with van der Waals surface area (Å²) >= 11 is 11.8. The van der Waals surface area contributed by atoms with Crippen molar-refractivity contribution in [3.63, 3.8) is 0 Å². The van der Waals surface area contributed by atoms with E-state index in [1.807, 2.05) is 0 Å². The molecule has 2 aliphatic heterocycles. The summed E-state index contributed by atoms with van der Waals surface area (Å²) < 4.78 is 8.42. The van der Waals surface area contributed by atoms with Crippen LogP contribution in [0.1, 0.15) is 72.9 Å². The Morgan fingerprint density at radius 2 is 1.08 bits per heavy atom. The van der Waals surface area contributed by atoms with Crippen LogP contribution in [0.2, 0.25) is 0 Å². The number of aromatic amines is 1. The first kappa shape index (κ1) is 66.0. The van der Waals surface area contributed by atoms with Crippen LogP contribution in [-0.2, 0) is 54.3 Å². The first-order valence-corrected chi connectivity index (χ1v) is 21.5. The van der Waals surface area contributed by atoms with Gasteiger partial charge in [-0.1, -0.05) is 0 Å². The molecule has 2 saturated heterocycles. The minimum atomic E-state index is -1.39. The van der Waals surface area contributed by atoms with Crippen molar-refractivity contribution < 1.29 is 78.5 Å². The summed E-state index contributed by atoms with van der Waals surface area (Å²) in [6.07, 6.45) is 4.79. The van der Waals surface area contributed by atoms with Gasteiger partial charge >= 0.3 is 47.8 Å². The van der Waals surface area contributed by atoms with Crippen LogP contribution in [0.3, 0.4) is 0 Å². The van der Waals surface area contributed by atoms with Crippen molar-refractivity contribution in [2.75, 3.05) is 18.8 Å². The zero-order chi connectivity index (χ0) is 52.3. The van der Waals surface area contributed by atoms with Crippen molar-refractivity contribution in [1.82, 2.24) is 20.6 Å². The van der Waals surface area contributed by atoms with Gasteiger partial charge in [-0.05, 0) is 80.3 Å². The third kappa shape index (κ3) is 30.1. The second kappa shape index (κ2) is 33.2. The summed E-state index contributed by atoms with van der Waals surface area (Å²) in [5, 5.41) is 55.9. The number of nitrogens with one attached hydrogen (secondary N) is 3. The molecule has 1 aromatic heterocycles. The van der Waals surface area contributed by atoms with E-state index < -0.39 is 106 Å². The average Bonchev–Trinajstić information content (AvgIpc) is 4.05. The fourth-order valence-corrected chi connectivity index (χ4v) is 4.61. The van der Waals surface area contributed by atoms with Crippen LogP contribution in [0.25, 0.3) is 0 Å². The van der Waals surface area contributed by atoms with Gasteiger partial charge < -0.3 is 90.1 Å². The predicted molar refractivity (Wildman–Crippen MR) is 249 cm³/mol. The molecule has 66 heavy (non-hydrogen) atoms. The number of carboxylic acid groups (broad SMARTS) is 6. The molecule has 29 heteroatoms. The van der Waals surface area contributed by atoms with Crippen LogP contribution in [-0.4, -0.2) is 177 Å². The van der Waals surface area contributed by atoms with Crippen molar-refractivity contribution >= 4 is 85.6 Å². The molecule has 0 saturated carbocycles. The smallest absolute Gasteiger partial charge is 0.327 e. The predicted octanol–water partition coefficient (Wildman–Crippen LogP) is -2.93. The largest absolute Gasteiger partial charge is 0.480 e. The number of thiol groups is 3. The van der Waals surface area contributed by atoms with E-state index in [1.54, 1.807) is 33.9 Å². The van der Waals surface area contributed by atoms with Gasteiger partial charge in [0.15, 0.2) is 0 Å². The maximum Gasteiger partial charge on any atom is 0.327 e. The topological polar surface area (TPSA) is 485 Å². The minimum absolute atomic E-state index is 0.190. The molecule has 0 bridgehead atoms. The molecule has 2 aliphatic rings. The standard InChI is InChI=1S/C13H25N3O6S.C6H9N3O2.C5H11NO2S.2C5H9NO2.C3H7NO2S/c1-5(7(14)10(17)18)21-11(19)8(15)6(2)22-12(20)9(16)13(3,4)23;7-5(6(10)11)1-4-2-8-3-9-4;1-5(2,9)3(6)4(7)8;2*7-5(8)4-2-1-3-6-4;4-2(1-7)3(5)6/h5-9,23H,14-16H2,1-4H3,(H,17,18);2-3,5H,1,7H2,(H,8,9)(H,10,11);3,9H,6H2,1-2H3,(H,7,8);2*4,6H,1-3H2,(H,7,8);2,7H,1,4H2,(H,5,6)/t5-,6+,7+,8-,9-;5-;3-;2*4-;2-/m001100/s1. The van der Waals surface area contributed by atoms with Gasteiger partial charge in [0.05, 0.1) is 6.33 Å². The van der Waals surface area contributed by atoms with Gasteiger partial charge in [0, 0.05) is 33.6 Å². The van der Waals surface area contributed by atoms with Crippen LogP contribution < -0.4 is 45.0 Å². The summed E-state index contributed by atoms with van der Waals surface area (Å²) in [6, 6.07) is -6.82. The molecule has 21 N–H and O–H groups in total. The van der Waals surface area contributed by atoms with E-state index >= 15 is 0 Å². The lowest BCUT2D eigenvalue weighted by atomic mass is 10.0. The second-order valence-corrected chi connectivity index (χ2v) is 18.3. The number of hydrogen-bond donors (Lipinski definition) is 18. The molecule has 3 heterocycles. The molecule has 1 aromatic rings. The van der Waals surface area contributed by atoms with E-state index in [1.165, 1.54) is 20.2 Å². The highest BCUT2D eigenvalue weighted by Gasteiger charge is 2.35. The highest BCUT2D eigenvalue weighted by Crippen LogP contribution is 2.18. The Hall–Kier alpha value is -4.30. The number of carbonyl (C=O) groups excluding carboxylic acids is 2. The number of imidazole rings is 1. The van der Waals surface area contributed by atoms with Gasteiger partial charge in [-0.2, -0.15) is 37.9 Å². The van der Waals surface area contributed by atoms with E-state index in [2.05, 4.69) is 58.5 Å². The number of rotatable bonds is 17. The van der Waals surface area contributed by atoms with E-state index in [9.17, 15) is 38.4 Å². The van der Waals surface area contributed by atoms with Gasteiger partial charge in [-0.25, -0.2) is 4.98 Å². The lowest BCUT2D eigenvalue weighted by Crippen LogP contribution is -2.52. The van der Waals surface area contributed by atoms with Crippen molar-refractivity contribution in [3.05, 3.63) is 18.2 Å². The Balaban J connectivity index is -0.000000775. The highest BCUT2D eigenvalue weighted by atomic mass is 32.1. The number of ether oxygens (including phenoxy) is 2. The molecule has 0 spiro atoms. The first-order valence-electron chi connectivity index (χ1n) is 19.9. The van der Waals surface area contributed by atoms with Crippen molar-refractivity contribution in [1.29, 1.82) is 0 Å². The fourth-order valence-electron chi connectivity index (χ4n) is 4.24. The van der Waals surface area contributed by atoms with E-state index in [-0.39, 0.29) is 24.3 Å². The molecule has 2 fully saturated rings. The molecule has 0 aromatic carbocycles. The minimum Gasteiger partial charge on any atom is -0.480 e. The normalized spacial score (nSPS) is 18.8. The molecule has 0 aliphatic carbocycles. The second-order valence-electron chi connectivity index (χ2n) is 15.6. The molecule has 0 radical (unpaired) electrons. The van der Waals surface area contributed by atoms with Gasteiger partial charge in [0.1, 0.15) is 60.5 Å². The number of hydrogen-bond acceptors (Lipinski definition) is 22. The molecular weight excluding hydrogens is 937 g/mol. The van der Waals surface area contributed by atoms with Crippen LogP contribution >= 0.6 is 37.9 Å². The Labute approximate surface area is 398 Å². The fraction of sp³-hybridized carbons (Fsp3) is 0.703. The lowest BCUT2D eigenvalue weighted by Gasteiger charge is -2.27. The zero-order valence-corrected chi connectivity index (χ0v) is 40.3. The maximum atomic E-state index is 11.8. The Kier molecular flexibility index (Phi) is 33.2. The van der Waals surface area contributed by atoms with Gasteiger partial charge in [0.25, 0.3) is 0 Å². The summed E-state index contributed by atoms with van der Waals surface area (Å²) in [7, 11) is 0. The van der Waals surface area contributed by atoms with Crippen molar-refractivity contribution in [2.45, 2.75) is 144 Å². The Morgan fingerprint density at radius 3 is 1.32 bits per heavy atom. The van der Waals surface area contributed by atoms with Crippen LogP contribution in [0.15, 0.2) is 12.5 Å². The number of carboxylic acids is 6. The van der Waals surface area contributed by atoms with E-state index in [4.69, 9.17) is 74.5 Å². The number of H-pyrrole nitrogens is 1. The zero-order valence-electron chi connectivity index (χ0n) is 37.6. The number of aromatic nitrogens is 2. The SMILES string of the molecule is CC(C)(S)[C@H](N)C(=O)O.C[C@H](OC(=O)[C@@H](N)[C@@H](C)OC(=O)[C@H](N)C(C)(C)S)[C@@H](N)C(=O)O.N[C@@H](CS)C(=O)O.N[C@@H](Cc1cnc[nH]1)C(=O)O.O=C(O)[C@@H]1CCCN1.O=C(O)[C@H]1CCCN1. The van der Waals surface area contributed by atoms with Crippen LogP contribution in [0.4, 0.5) is 0 Å². The van der Waals surface area contributed by atoms with E-state index in [0.717, 1.165) is 44.5 Å². The average molecular weight is 1010 g/mol. The number of carbonyl (C=O) groups is 8. The molecule has 10 atom stereocenters. The third-order valence-electron chi connectivity index (χ3n) is 8.76. The summed E-state index contributed by atoms with van der Waals surface area (Å²) in [4.78, 5) is 91.4. The maximum absolute atomic E-state index is 11.8. The summed E-state index contributed by atoms with van der Waals surface area (Å²) in [5.74, 6) is -7.30. The molecule has 0 unspecified atom stereocenters. The van der Waals surface area contributed by atoms with Crippen LogP contribution in [0, 0.1) is 0 Å². The lowest BCUT2D eigenvalue weighted by molar-refractivity contribution is -0.162.